The zero-order chi connectivity index (χ0) is 20.5. The number of hydrogen-bond acceptors (Lipinski definition) is 5. The minimum absolute atomic E-state index is 0.239. The van der Waals surface area contributed by atoms with Crippen LogP contribution in [0.3, 0.4) is 0 Å². The van der Waals surface area contributed by atoms with Crippen LogP contribution in [0.4, 0.5) is 0 Å². The molecule has 2 aromatic carbocycles. The van der Waals surface area contributed by atoms with Gasteiger partial charge in [0, 0.05) is 24.2 Å². The fraction of sp³-hybridized carbons (Fsp3) is 0.0833. The number of esters is 1. The quantitative estimate of drug-likeness (QED) is 0.334. The maximum atomic E-state index is 12.6. The van der Waals surface area contributed by atoms with Gasteiger partial charge in [0.15, 0.2) is 18.2 Å². The van der Waals surface area contributed by atoms with Crippen molar-refractivity contribution in [2.75, 3.05) is 6.61 Å². The normalized spacial score (nSPS) is 11.6. The number of ether oxygens (including phenoxy) is 1. The van der Waals surface area contributed by atoms with Gasteiger partial charge in [-0.15, -0.1) is 0 Å². The van der Waals surface area contributed by atoms with Gasteiger partial charge < -0.3 is 4.74 Å². The highest BCUT2D eigenvalue weighted by atomic mass is 16.5. The van der Waals surface area contributed by atoms with E-state index in [-0.39, 0.29) is 18.0 Å². The molecule has 2 heterocycles. The molecule has 30 heavy (non-hydrogen) atoms. The number of benzene rings is 2. The number of pyridine rings is 1. The first-order chi connectivity index (χ1) is 14.7. The van der Waals surface area contributed by atoms with Crippen LogP contribution in [0.1, 0.15) is 31.8 Å². The van der Waals surface area contributed by atoms with Gasteiger partial charge >= 0.3 is 5.97 Å². The summed E-state index contributed by atoms with van der Waals surface area (Å²) >= 11 is 0. The molecule has 0 amide bonds. The number of nitrogens with zero attached hydrogens (tertiary/aromatic N) is 3. The number of Topliss-reactive ketones (excluding diaryl/α,β-unsaturated/α-hetero) is 1. The highest BCUT2D eigenvalue weighted by Gasteiger charge is 2.20. The molecule has 0 N–H and O–H groups in total. The molecule has 0 aliphatic heterocycles. The van der Waals surface area contributed by atoms with Gasteiger partial charge in [-0.05, 0) is 52.9 Å². The molecule has 1 aliphatic rings. The summed E-state index contributed by atoms with van der Waals surface area (Å²) in [5.41, 5.74) is 5.50. The lowest BCUT2D eigenvalue weighted by molar-refractivity contribution is 0.0474. The Balaban J connectivity index is 1.26. The number of carbonyl (C=O) groups is 2. The molecule has 4 aromatic rings. The molecule has 1 aliphatic carbocycles. The van der Waals surface area contributed by atoms with Gasteiger partial charge in [0.05, 0.1) is 5.56 Å². The number of fused-ring (bicyclic) bond motifs is 3. The van der Waals surface area contributed by atoms with E-state index < -0.39 is 5.97 Å². The highest BCUT2D eigenvalue weighted by Crippen LogP contribution is 2.36. The van der Waals surface area contributed by atoms with Crippen LogP contribution in [0.25, 0.3) is 16.9 Å². The fourth-order valence-corrected chi connectivity index (χ4v) is 3.64. The molecule has 0 radical (unpaired) electrons. The third-order valence-electron chi connectivity index (χ3n) is 5.18. The van der Waals surface area contributed by atoms with Crippen molar-refractivity contribution < 1.29 is 14.3 Å². The number of ketones is 1. The van der Waals surface area contributed by atoms with Crippen molar-refractivity contribution in [2.24, 2.45) is 0 Å². The second-order valence-corrected chi connectivity index (χ2v) is 7.06. The summed E-state index contributed by atoms with van der Waals surface area (Å²) in [6, 6.07) is 18.9. The molecule has 0 spiro atoms. The Labute approximate surface area is 172 Å². The molecule has 0 unspecified atom stereocenters. The van der Waals surface area contributed by atoms with Crippen LogP contribution in [0.5, 0.6) is 0 Å². The van der Waals surface area contributed by atoms with Crippen molar-refractivity contribution in [3.63, 3.8) is 0 Å². The van der Waals surface area contributed by atoms with Crippen LogP contribution in [0.15, 0.2) is 79.3 Å². The van der Waals surface area contributed by atoms with Gasteiger partial charge in [-0.3, -0.25) is 4.79 Å². The Kier molecular flexibility index (Phi) is 4.44. The zero-order valence-electron chi connectivity index (χ0n) is 16.0. The lowest BCUT2D eigenvalue weighted by atomic mass is 10.0. The second-order valence-electron chi connectivity index (χ2n) is 7.06. The van der Waals surface area contributed by atoms with E-state index in [1.54, 1.807) is 41.3 Å². The van der Waals surface area contributed by atoms with Crippen molar-refractivity contribution in [3.05, 3.63) is 102 Å². The van der Waals surface area contributed by atoms with E-state index in [0.717, 1.165) is 17.5 Å². The second kappa shape index (κ2) is 7.40. The van der Waals surface area contributed by atoms with E-state index >= 15 is 0 Å². The average Bonchev–Trinajstić information content (AvgIpc) is 3.45. The van der Waals surface area contributed by atoms with Crippen LogP contribution >= 0.6 is 0 Å². The zero-order valence-corrected chi connectivity index (χ0v) is 16.0. The molecular weight excluding hydrogens is 378 g/mol. The summed E-state index contributed by atoms with van der Waals surface area (Å²) in [6.45, 7) is -0.319. The van der Waals surface area contributed by atoms with Gasteiger partial charge in [0.1, 0.15) is 0 Å². The van der Waals surface area contributed by atoms with Crippen LogP contribution < -0.4 is 0 Å². The predicted octanol–water partition coefficient (Wildman–Crippen LogP) is 3.88. The van der Waals surface area contributed by atoms with Crippen molar-refractivity contribution >= 4 is 11.8 Å². The third-order valence-corrected chi connectivity index (χ3v) is 5.18. The molecule has 0 saturated heterocycles. The monoisotopic (exact) mass is 395 g/mol. The topological polar surface area (TPSA) is 74.1 Å². The summed E-state index contributed by atoms with van der Waals surface area (Å²) in [4.78, 5) is 29.1. The number of hydrogen-bond donors (Lipinski definition) is 0. The molecule has 146 valence electrons. The lowest BCUT2D eigenvalue weighted by Crippen LogP contribution is -2.14. The number of rotatable bonds is 5. The summed E-state index contributed by atoms with van der Waals surface area (Å²) in [5, 5.41) is 4.09. The first-order valence-corrected chi connectivity index (χ1v) is 9.56. The smallest absolute Gasteiger partial charge is 0.340 e. The van der Waals surface area contributed by atoms with Gasteiger partial charge in [0.2, 0.25) is 0 Å². The van der Waals surface area contributed by atoms with Crippen molar-refractivity contribution in [3.8, 4) is 16.9 Å². The largest absolute Gasteiger partial charge is 0.454 e. The molecule has 0 saturated carbocycles. The lowest BCUT2D eigenvalue weighted by Gasteiger charge is -2.07. The summed E-state index contributed by atoms with van der Waals surface area (Å²) in [7, 11) is 0. The molecule has 5 rings (SSSR count). The molecule has 0 atom stereocenters. The molecule has 6 nitrogen and oxygen atoms in total. The molecule has 6 heteroatoms. The summed E-state index contributed by atoms with van der Waals surface area (Å²) < 4.78 is 6.80. The van der Waals surface area contributed by atoms with Crippen LogP contribution in [0, 0.1) is 0 Å². The van der Waals surface area contributed by atoms with Crippen molar-refractivity contribution in [1.29, 1.82) is 0 Å². The minimum Gasteiger partial charge on any atom is -0.454 e. The predicted molar refractivity (Wildman–Crippen MR) is 111 cm³/mol. The Morgan fingerprint density at radius 2 is 1.77 bits per heavy atom. The summed E-state index contributed by atoms with van der Waals surface area (Å²) in [5.74, 6) is -0.239. The maximum Gasteiger partial charge on any atom is 0.340 e. The molecular formula is C24H17N3O3. The Hall–Kier alpha value is -4.06. The SMILES string of the molecule is O=C(COC(=O)c1ccc(-n2cccn2)nc1)c1ccc2c(c1)-c1ccccc1C2. The Bertz CT molecular complexity index is 1250. The number of aromatic nitrogens is 3. The van der Waals surface area contributed by atoms with E-state index in [0.29, 0.717) is 11.4 Å². The van der Waals surface area contributed by atoms with E-state index in [1.807, 2.05) is 24.3 Å². The molecule has 2 aromatic heterocycles. The maximum absolute atomic E-state index is 12.6. The Morgan fingerprint density at radius 1 is 0.933 bits per heavy atom. The highest BCUT2D eigenvalue weighted by molar-refractivity contribution is 6.00. The minimum atomic E-state index is -0.589. The van der Waals surface area contributed by atoms with Gasteiger partial charge in [-0.1, -0.05) is 36.4 Å². The van der Waals surface area contributed by atoms with Crippen LogP contribution in [-0.4, -0.2) is 33.1 Å². The van der Waals surface area contributed by atoms with E-state index in [2.05, 4.69) is 22.2 Å². The van der Waals surface area contributed by atoms with Crippen molar-refractivity contribution in [2.45, 2.75) is 6.42 Å². The summed E-state index contributed by atoms with van der Waals surface area (Å²) in [6.07, 6.45) is 5.69. The fourth-order valence-electron chi connectivity index (χ4n) is 3.64. The van der Waals surface area contributed by atoms with Crippen LogP contribution in [-0.2, 0) is 11.2 Å². The third kappa shape index (κ3) is 3.28. The molecule has 0 bridgehead atoms. The average molecular weight is 395 g/mol. The first kappa shape index (κ1) is 18.0. The van der Waals surface area contributed by atoms with Gasteiger partial charge in [0.25, 0.3) is 0 Å². The van der Waals surface area contributed by atoms with E-state index in [4.69, 9.17) is 4.74 Å². The van der Waals surface area contributed by atoms with Gasteiger partial charge in [-0.2, -0.15) is 5.10 Å². The Morgan fingerprint density at radius 3 is 2.57 bits per heavy atom. The number of carbonyl (C=O) groups excluding carboxylic acids is 2. The molecule has 0 fully saturated rings. The van der Waals surface area contributed by atoms with Gasteiger partial charge in [-0.25, -0.2) is 14.5 Å². The van der Waals surface area contributed by atoms with E-state index in [1.165, 1.54) is 17.3 Å². The first-order valence-electron chi connectivity index (χ1n) is 9.56. The van der Waals surface area contributed by atoms with Crippen molar-refractivity contribution in [1.82, 2.24) is 14.8 Å². The van der Waals surface area contributed by atoms with E-state index in [9.17, 15) is 9.59 Å². The van der Waals surface area contributed by atoms with Crippen LogP contribution in [0.2, 0.25) is 0 Å². The standard InChI is InChI=1S/C24H17N3O3/c28-22(18-7-6-17-12-16-4-1-2-5-20(16)21(17)13-18)15-30-24(29)19-8-9-23(25-14-19)27-11-3-10-26-27/h1-11,13-14H,12,15H2.